The number of aliphatic hydroxyl groups excluding tert-OH is 1. The smallest absolute Gasteiger partial charge is 0.462 e. The molecule has 0 heterocycles. The molecule has 2 unspecified atom stereocenters. The van der Waals surface area contributed by atoms with E-state index >= 15 is 0 Å². The van der Waals surface area contributed by atoms with Crippen molar-refractivity contribution in [1.29, 1.82) is 0 Å². The molecule has 0 amide bonds. The average Bonchev–Trinajstić information content (AvgIpc) is 0.943. The van der Waals surface area contributed by atoms with Crippen molar-refractivity contribution in [2.24, 2.45) is 0 Å². The molecule has 0 aromatic carbocycles. The summed E-state index contributed by atoms with van der Waals surface area (Å²) in [6.45, 7) is 5.06. The molecule has 0 aromatic heterocycles. The Kier molecular flexibility index (Phi) is 79.6. The van der Waals surface area contributed by atoms with E-state index in [4.69, 9.17) is 37.0 Å². The summed E-state index contributed by atoms with van der Waals surface area (Å²) in [6, 6.07) is 0. The second-order valence-electron chi connectivity index (χ2n) is 31.3. The molecular weight excluding hydrogens is 1380 g/mol. The van der Waals surface area contributed by atoms with Gasteiger partial charge in [-0.25, -0.2) is 9.13 Å². The molecule has 0 saturated heterocycles. The molecule has 0 radical (unpaired) electrons. The third-order valence-corrected chi connectivity index (χ3v) is 22.5. The van der Waals surface area contributed by atoms with Crippen LogP contribution in [0.25, 0.3) is 0 Å². The Balaban J connectivity index is 5.22. The van der Waals surface area contributed by atoms with Crippen LogP contribution in [-0.4, -0.2) is 96.7 Å². The largest absolute Gasteiger partial charge is 0.472 e. The maximum atomic E-state index is 13.2. The number of phosphoric acid groups is 2. The zero-order chi connectivity index (χ0) is 77.4. The monoisotopic (exact) mass is 1550 g/mol. The van der Waals surface area contributed by atoms with Crippen LogP contribution >= 0.6 is 15.6 Å². The Morgan fingerprint density at radius 3 is 0.557 bits per heavy atom. The number of aliphatic hydroxyl groups is 1. The summed E-state index contributed by atoms with van der Waals surface area (Å²) in [7, 11) is -9.93. The SMILES string of the molecule is CCCCCCCCCCCCCCCCCCCCCCCC(=O)O[C@H](COC(=O)CCCCCCCCCCCCCCCCCCCCCC)COP(=O)(O)OC[C@@H](O)COP(=O)(O)OC[C@@H](COC(=O)CCCCCCCCCCCCCC)OC(=O)CCCCCCCCCCCCCCC. The van der Waals surface area contributed by atoms with Crippen LogP contribution in [-0.2, 0) is 65.4 Å². The first-order valence-electron chi connectivity index (χ1n) is 45.3. The lowest BCUT2D eigenvalue weighted by Crippen LogP contribution is -2.30. The van der Waals surface area contributed by atoms with Crippen molar-refractivity contribution in [3.05, 3.63) is 0 Å². The summed E-state index contributed by atoms with van der Waals surface area (Å²) in [5, 5.41) is 10.7. The van der Waals surface area contributed by atoms with E-state index in [1.165, 1.54) is 308 Å². The lowest BCUT2D eigenvalue weighted by Gasteiger charge is -2.21. The van der Waals surface area contributed by atoms with Gasteiger partial charge in [-0.05, 0) is 25.7 Å². The standard InChI is InChI=1S/C87H170O17P2/c1-5-9-13-17-21-25-29-33-35-37-39-41-43-45-47-50-54-58-62-66-70-74-87(92)104-83(78-98-85(90)72-68-64-60-56-52-49-46-44-42-40-38-36-34-30-26-22-18-14-10-6-2)80-102-106(95,96)100-76-81(88)75-99-105(93,94)101-79-82(77-97-84(89)71-67-63-59-55-51-32-28-24-20-16-12-8-4)103-86(91)73-69-65-61-57-53-48-31-27-23-19-15-11-7-3/h81-83,88H,5-80H2,1-4H3,(H,93,94)(H,95,96)/t81-,82+,83+/m0/s1. The Hall–Kier alpha value is -1.94. The fraction of sp³-hybridized carbons (Fsp3) is 0.954. The molecule has 0 aliphatic rings. The molecule has 0 spiro atoms. The van der Waals surface area contributed by atoms with Gasteiger partial charge in [0.15, 0.2) is 12.2 Å². The van der Waals surface area contributed by atoms with E-state index in [0.29, 0.717) is 25.7 Å². The van der Waals surface area contributed by atoms with Crippen molar-refractivity contribution < 1.29 is 80.2 Å². The van der Waals surface area contributed by atoms with Gasteiger partial charge in [0.1, 0.15) is 19.3 Å². The molecule has 0 fully saturated rings. The van der Waals surface area contributed by atoms with Gasteiger partial charge in [0.05, 0.1) is 26.4 Å². The Labute approximate surface area is 651 Å². The molecule has 0 saturated carbocycles. The van der Waals surface area contributed by atoms with Crippen molar-refractivity contribution in [2.75, 3.05) is 39.6 Å². The highest BCUT2D eigenvalue weighted by Gasteiger charge is 2.30. The summed E-state index contributed by atoms with van der Waals surface area (Å²) >= 11 is 0. The minimum Gasteiger partial charge on any atom is -0.462 e. The Bertz CT molecular complexity index is 2000. The lowest BCUT2D eigenvalue weighted by atomic mass is 10.0. The Morgan fingerprint density at radius 2 is 0.377 bits per heavy atom. The minimum atomic E-state index is -4.97. The van der Waals surface area contributed by atoms with Crippen molar-refractivity contribution in [3.63, 3.8) is 0 Å². The number of rotatable bonds is 88. The van der Waals surface area contributed by atoms with E-state index in [1.54, 1.807) is 0 Å². The number of carbonyl (C=O) groups excluding carboxylic acids is 4. The normalized spacial score (nSPS) is 13.7. The second-order valence-corrected chi connectivity index (χ2v) is 34.2. The first kappa shape index (κ1) is 104. The number of hydrogen-bond acceptors (Lipinski definition) is 15. The topological polar surface area (TPSA) is 237 Å². The van der Waals surface area contributed by atoms with E-state index in [9.17, 15) is 43.2 Å². The van der Waals surface area contributed by atoms with Gasteiger partial charge in [0, 0.05) is 25.7 Å². The maximum absolute atomic E-state index is 13.2. The molecule has 17 nitrogen and oxygen atoms in total. The summed E-state index contributed by atoms with van der Waals surface area (Å²) in [6.07, 6.45) is 76.4. The highest BCUT2D eigenvalue weighted by molar-refractivity contribution is 7.47. The summed E-state index contributed by atoms with van der Waals surface area (Å²) in [5.41, 5.74) is 0. The second kappa shape index (κ2) is 81.1. The average molecular weight is 1550 g/mol. The van der Waals surface area contributed by atoms with Crippen LogP contribution in [0.5, 0.6) is 0 Å². The lowest BCUT2D eigenvalue weighted by molar-refractivity contribution is -0.161. The zero-order valence-electron chi connectivity index (χ0n) is 69.4. The number of esters is 4. The predicted octanol–water partition coefficient (Wildman–Crippen LogP) is 26.9. The molecule has 3 N–H and O–H groups in total. The van der Waals surface area contributed by atoms with Crippen molar-refractivity contribution in [1.82, 2.24) is 0 Å². The maximum Gasteiger partial charge on any atom is 0.472 e. The number of carbonyl (C=O) groups is 4. The minimum absolute atomic E-state index is 0.109. The molecule has 0 aliphatic heterocycles. The molecular formula is C87H170O17P2. The first-order valence-corrected chi connectivity index (χ1v) is 48.3. The van der Waals surface area contributed by atoms with Gasteiger partial charge in [-0.3, -0.25) is 37.3 Å². The van der Waals surface area contributed by atoms with Crippen LogP contribution in [0.4, 0.5) is 0 Å². The van der Waals surface area contributed by atoms with E-state index in [2.05, 4.69) is 27.7 Å². The number of ether oxygens (including phenoxy) is 4. The highest BCUT2D eigenvalue weighted by Crippen LogP contribution is 2.45. The van der Waals surface area contributed by atoms with Crippen LogP contribution in [0.1, 0.15) is 477 Å². The zero-order valence-corrected chi connectivity index (χ0v) is 71.2. The number of unbranched alkanes of at least 4 members (excludes halogenated alkanes) is 62. The van der Waals surface area contributed by atoms with Crippen LogP contribution in [0.3, 0.4) is 0 Å². The molecule has 0 bridgehead atoms. The Morgan fingerprint density at radius 1 is 0.226 bits per heavy atom. The van der Waals surface area contributed by atoms with Crippen molar-refractivity contribution in [2.45, 2.75) is 495 Å². The summed E-state index contributed by atoms with van der Waals surface area (Å²) in [5.74, 6) is -2.10. The van der Waals surface area contributed by atoms with Crippen LogP contribution in [0, 0.1) is 0 Å². The molecule has 106 heavy (non-hydrogen) atoms. The summed E-state index contributed by atoms with van der Waals surface area (Å²) < 4.78 is 68.9. The van der Waals surface area contributed by atoms with Gasteiger partial charge < -0.3 is 33.8 Å². The van der Waals surface area contributed by atoms with Gasteiger partial charge in [-0.15, -0.1) is 0 Å². The fourth-order valence-electron chi connectivity index (χ4n) is 13.7. The molecule has 5 atom stereocenters. The van der Waals surface area contributed by atoms with E-state index < -0.39 is 97.5 Å². The van der Waals surface area contributed by atoms with Crippen LogP contribution in [0.15, 0.2) is 0 Å². The van der Waals surface area contributed by atoms with Crippen LogP contribution in [0.2, 0.25) is 0 Å². The molecule has 630 valence electrons. The van der Waals surface area contributed by atoms with Gasteiger partial charge >= 0.3 is 39.5 Å². The number of hydrogen-bond donors (Lipinski definition) is 3. The van der Waals surface area contributed by atoms with E-state index in [1.807, 2.05) is 0 Å². The van der Waals surface area contributed by atoms with Gasteiger partial charge in [0.25, 0.3) is 0 Å². The quantitative estimate of drug-likeness (QED) is 0.0222. The third-order valence-electron chi connectivity index (χ3n) is 20.6. The van der Waals surface area contributed by atoms with Gasteiger partial charge in [-0.1, -0.05) is 426 Å². The molecule has 19 heteroatoms. The summed E-state index contributed by atoms with van der Waals surface area (Å²) in [4.78, 5) is 73.2. The van der Waals surface area contributed by atoms with Gasteiger partial charge in [-0.2, -0.15) is 0 Å². The predicted molar refractivity (Wildman–Crippen MR) is 437 cm³/mol. The van der Waals surface area contributed by atoms with Gasteiger partial charge in [0.2, 0.25) is 0 Å². The fourth-order valence-corrected chi connectivity index (χ4v) is 15.3. The van der Waals surface area contributed by atoms with E-state index in [0.717, 1.165) is 89.9 Å². The van der Waals surface area contributed by atoms with E-state index in [-0.39, 0.29) is 25.7 Å². The third kappa shape index (κ3) is 80.1. The van der Waals surface area contributed by atoms with Crippen molar-refractivity contribution in [3.8, 4) is 0 Å². The molecule has 0 aromatic rings. The molecule has 0 rings (SSSR count). The highest BCUT2D eigenvalue weighted by atomic mass is 31.2. The van der Waals surface area contributed by atoms with Crippen LogP contribution < -0.4 is 0 Å². The van der Waals surface area contributed by atoms with Crippen molar-refractivity contribution >= 4 is 39.5 Å². The first-order chi connectivity index (χ1) is 51.7. The molecule has 0 aliphatic carbocycles. The number of phosphoric ester groups is 2.